The summed E-state index contributed by atoms with van der Waals surface area (Å²) in [7, 11) is 0. The van der Waals surface area contributed by atoms with Crippen LogP contribution >= 0.6 is 0 Å². The second kappa shape index (κ2) is 8.32. The second-order valence-electron chi connectivity index (χ2n) is 7.85. The van der Waals surface area contributed by atoms with Gasteiger partial charge in [-0.3, -0.25) is 10.1 Å². The molecule has 0 spiro atoms. The summed E-state index contributed by atoms with van der Waals surface area (Å²) in [6.07, 6.45) is 7.91. The van der Waals surface area contributed by atoms with Gasteiger partial charge in [0.05, 0.1) is 30.7 Å². The molecule has 2 aliphatic rings. The van der Waals surface area contributed by atoms with Crippen LogP contribution in [0.25, 0.3) is 10.9 Å². The predicted molar refractivity (Wildman–Crippen MR) is 109 cm³/mol. The first kappa shape index (κ1) is 18.3. The highest BCUT2D eigenvalue weighted by molar-refractivity contribution is 5.85. The molecule has 1 aliphatic carbocycles. The molecule has 152 valence electrons. The van der Waals surface area contributed by atoms with E-state index in [0.29, 0.717) is 24.3 Å². The maximum Gasteiger partial charge on any atom is 0.224 e. The SMILES string of the molecule is c1cnc2cc(N3CCOCC3)nc(OCC3CCC(c4ncn[nH]4)CC3)c2c1. The molecular formula is C21H26N6O2. The maximum atomic E-state index is 6.27. The molecule has 0 bridgehead atoms. The zero-order valence-corrected chi connectivity index (χ0v) is 16.5. The molecule has 1 aliphatic heterocycles. The van der Waals surface area contributed by atoms with Crippen LogP contribution in [0.4, 0.5) is 5.82 Å². The normalized spacial score (nSPS) is 22.7. The summed E-state index contributed by atoms with van der Waals surface area (Å²) in [6.45, 7) is 3.83. The zero-order chi connectivity index (χ0) is 19.5. The van der Waals surface area contributed by atoms with E-state index in [0.717, 1.165) is 74.5 Å². The third-order valence-electron chi connectivity index (χ3n) is 6.01. The van der Waals surface area contributed by atoms with Crippen molar-refractivity contribution in [2.45, 2.75) is 31.6 Å². The molecule has 8 nitrogen and oxygen atoms in total. The molecule has 4 heterocycles. The standard InChI is InChI=1S/C21H26N6O2/c1-2-17-18(22-7-1)12-19(27-8-10-28-11-9-27)25-21(17)29-13-15-3-5-16(6-4-15)20-23-14-24-26-20/h1-2,7,12,14-16H,3-6,8-11,13H2,(H,23,24,26). The molecule has 0 radical (unpaired) electrons. The van der Waals surface area contributed by atoms with Gasteiger partial charge in [0.2, 0.25) is 5.88 Å². The number of fused-ring (bicyclic) bond motifs is 1. The number of aromatic nitrogens is 5. The molecule has 1 N–H and O–H groups in total. The smallest absolute Gasteiger partial charge is 0.224 e. The van der Waals surface area contributed by atoms with Crippen molar-refractivity contribution in [1.82, 2.24) is 25.1 Å². The van der Waals surface area contributed by atoms with Crippen LogP contribution in [0.1, 0.15) is 37.4 Å². The molecule has 29 heavy (non-hydrogen) atoms. The lowest BCUT2D eigenvalue weighted by atomic mass is 9.82. The van der Waals surface area contributed by atoms with E-state index in [1.165, 1.54) is 0 Å². The molecule has 1 saturated heterocycles. The first-order chi connectivity index (χ1) is 14.4. The van der Waals surface area contributed by atoms with Gasteiger partial charge in [0.25, 0.3) is 0 Å². The largest absolute Gasteiger partial charge is 0.477 e. The fourth-order valence-corrected chi connectivity index (χ4v) is 4.31. The Morgan fingerprint density at radius 3 is 2.79 bits per heavy atom. The molecule has 5 rings (SSSR count). The lowest BCUT2D eigenvalue weighted by Gasteiger charge is -2.29. The van der Waals surface area contributed by atoms with Crippen LogP contribution in [0.3, 0.4) is 0 Å². The average Bonchev–Trinajstić information content (AvgIpc) is 3.33. The van der Waals surface area contributed by atoms with Gasteiger partial charge in [0, 0.05) is 31.3 Å². The highest BCUT2D eigenvalue weighted by Crippen LogP contribution is 2.35. The molecule has 0 aromatic carbocycles. The Bertz CT molecular complexity index is 934. The Labute approximate surface area is 169 Å². The summed E-state index contributed by atoms with van der Waals surface area (Å²) in [5.41, 5.74) is 0.924. The molecule has 0 unspecified atom stereocenters. The number of nitrogens with one attached hydrogen (secondary N) is 1. The summed E-state index contributed by atoms with van der Waals surface area (Å²) in [5.74, 6) is 3.65. The van der Waals surface area contributed by atoms with Gasteiger partial charge < -0.3 is 14.4 Å². The number of hydrogen-bond donors (Lipinski definition) is 1. The number of anilines is 1. The molecule has 8 heteroatoms. The van der Waals surface area contributed by atoms with Crippen molar-refractivity contribution in [2.24, 2.45) is 5.92 Å². The summed E-state index contributed by atoms with van der Waals surface area (Å²) in [4.78, 5) is 15.9. The van der Waals surface area contributed by atoms with Gasteiger partial charge in [0.1, 0.15) is 18.0 Å². The number of nitrogens with zero attached hydrogens (tertiary/aromatic N) is 5. The van der Waals surface area contributed by atoms with Crippen LogP contribution in [-0.2, 0) is 4.74 Å². The molecular weight excluding hydrogens is 368 g/mol. The first-order valence-electron chi connectivity index (χ1n) is 10.4. The average molecular weight is 394 g/mol. The van der Waals surface area contributed by atoms with E-state index in [1.807, 2.05) is 18.3 Å². The van der Waals surface area contributed by atoms with E-state index in [1.54, 1.807) is 6.33 Å². The van der Waals surface area contributed by atoms with Gasteiger partial charge in [-0.25, -0.2) is 4.98 Å². The quantitative estimate of drug-likeness (QED) is 0.712. The Hall–Kier alpha value is -2.74. The Morgan fingerprint density at radius 1 is 1.14 bits per heavy atom. The monoisotopic (exact) mass is 394 g/mol. The third kappa shape index (κ3) is 4.03. The zero-order valence-electron chi connectivity index (χ0n) is 16.5. The number of pyridine rings is 2. The van der Waals surface area contributed by atoms with Crippen molar-refractivity contribution in [3.05, 3.63) is 36.5 Å². The van der Waals surface area contributed by atoms with Crippen LogP contribution in [0.5, 0.6) is 5.88 Å². The first-order valence-corrected chi connectivity index (χ1v) is 10.4. The number of H-pyrrole nitrogens is 1. The van der Waals surface area contributed by atoms with Crippen LogP contribution in [0.15, 0.2) is 30.7 Å². The number of morpholine rings is 1. The highest BCUT2D eigenvalue weighted by atomic mass is 16.5. The van der Waals surface area contributed by atoms with Gasteiger partial charge in [0.15, 0.2) is 0 Å². The van der Waals surface area contributed by atoms with Crippen LogP contribution in [0, 0.1) is 5.92 Å². The van der Waals surface area contributed by atoms with Crippen molar-refractivity contribution in [3.8, 4) is 5.88 Å². The third-order valence-corrected chi connectivity index (χ3v) is 6.01. The van der Waals surface area contributed by atoms with E-state index < -0.39 is 0 Å². The van der Waals surface area contributed by atoms with Gasteiger partial charge in [-0.15, -0.1) is 0 Å². The van der Waals surface area contributed by atoms with Gasteiger partial charge in [-0.1, -0.05) is 0 Å². The Kier molecular flexibility index (Phi) is 5.25. The second-order valence-corrected chi connectivity index (χ2v) is 7.85. The van der Waals surface area contributed by atoms with Gasteiger partial charge in [-0.05, 0) is 43.7 Å². The van der Waals surface area contributed by atoms with Crippen molar-refractivity contribution in [1.29, 1.82) is 0 Å². The van der Waals surface area contributed by atoms with E-state index in [9.17, 15) is 0 Å². The fraction of sp³-hybridized carbons (Fsp3) is 0.524. The number of ether oxygens (including phenoxy) is 2. The van der Waals surface area contributed by atoms with E-state index in [2.05, 4.69) is 31.1 Å². The number of aromatic amines is 1. The lowest BCUT2D eigenvalue weighted by Crippen LogP contribution is -2.36. The van der Waals surface area contributed by atoms with Gasteiger partial charge >= 0.3 is 0 Å². The summed E-state index contributed by atoms with van der Waals surface area (Å²) in [6, 6.07) is 6.03. The predicted octanol–water partition coefficient (Wildman–Crippen LogP) is 2.94. The van der Waals surface area contributed by atoms with Gasteiger partial charge in [-0.2, -0.15) is 10.1 Å². The van der Waals surface area contributed by atoms with Crippen molar-refractivity contribution >= 4 is 16.7 Å². The van der Waals surface area contributed by atoms with Crippen molar-refractivity contribution in [2.75, 3.05) is 37.8 Å². The molecule has 0 atom stereocenters. The Balaban J connectivity index is 1.28. The fourth-order valence-electron chi connectivity index (χ4n) is 4.31. The van der Waals surface area contributed by atoms with Crippen LogP contribution < -0.4 is 9.64 Å². The molecule has 1 saturated carbocycles. The minimum atomic E-state index is 0.488. The van der Waals surface area contributed by atoms with Crippen molar-refractivity contribution in [3.63, 3.8) is 0 Å². The minimum absolute atomic E-state index is 0.488. The summed E-state index contributed by atoms with van der Waals surface area (Å²) < 4.78 is 11.7. The number of rotatable bonds is 5. The van der Waals surface area contributed by atoms with Crippen LogP contribution in [0.2, 0.25) is 0 Å². The molecule has 3 aromatic rings. The van der Waals surface area contributed by atoms with E-state index in [4.69, 9.17) is 14.5 Å². The lowest BCUT2D eigenvalue weighted by molar-refractivity contribution is 0.122. The van der Waals surface area contributed by atoms with E-state index >= 15 is 0 Å². The maximum absolute atomic E-state index is 6.27. The van der Waals surface area contributed by atoms with Crippen LogP contribution in [-0.4, -0.2) is 58.1 Å². The summed E-state index contributed by atoms with van der Waals surface area (Å²) in [5, 5.41) is 7.97. The number of hydrogen-bond acceptors (Lipinski definition) is 7. The molecule has 2 fully saturated rings. The van der Waals surface area contributed by atoms with Crippen molar-refractivity contribution < 1.29 is 9.47 Å². The molecule has 0 amide bonds. The van der Waals surface area contributed by atoms with E-state index in [-0.39, 0.29) is 0 Å². The Morgan fingerprint density at radius 2 is 2.00 bits per heavy atom. The minimum Gasteiger partial charge on any atom is -0.477 e. The summed E-state index contributed by atoms with van der Waals surface area (Å²) >= 11 is 0. The molecule has 3 aromatic heterocycles. The highest BCUT2D eigenvalue weighted by Gasteiger charge is 2.25. The topological polar surface area (TPSA) is 89.1 Å².